The van der Waals surface area contributed by atoms with E-state index in [-0.39, 0.29) is 5.56 Å². The van der Waals surface area contributed by atoms with Crippen LogP contribution in [0, 0.1) is 5.82 Å². The lowest BCUT2D eigenvalue weighted by atomic mass is 9.81. The molecule has 0 aromatic heterocycles. The molecule has 0 radical (unpaired) electrons. The van der Waals surface area contributed by atoms with Gasteiger partial charge in [-0.15, -0.1) is 0 Å². The van der Waals surface area contributed by atoms with Crippen molar-refractivity contribution >= 4 is 17.8 Å². The van der Waals surface area contributed by atoms with Gasteiger partial charge in [-0.25, -0.2) is 9.18 Å². The van der Waals surface area contributed by atoms with Gasteiger partial charge in [0, 0.05) is 13.6 Å². The molecule has 4 amide bonds. The number of urea groups is 1. The van der Waals surface area contributed by atoms with Gasteiger partial charge in [0.2, 0.25) is 5.91 Å². The molecule has 1 aromatic rings. The summed E-state index contributed by atoms with van der Waals surface area (Å²) in [7, 11) is 1.53. The molecule has 10 heteroatoms. The van der Waals surface area contributed by atoms with E-state index in [1.165, 1.54) is 11.9 Å². The van der Waals surface area contributed by atoms with Crippen molar-refractivity contribution in [1.82, 2.24) is 15.1 Å². The molecule has 1 saturated carbocycles. The molecule has 29 heavy (non-hydrogen) atoms. The quantitative estimate of drug-likeness (QED) is 0.607. The number of rotatable bonds is 4. The third-order valence-corrected chi connectivity index (χ3v) is 5.64. The van der Waals surface area contributed by atoms with Crippen LogP contribution < -0.4 is 5.32 Å². The molecule has 1 saturated heterocycles. The Kier molecular flexibility index (Phi) is 5.55. The first kappa shape index (κ1) is 21.1. The average molecular weight is 415 g/mol. The van der Waals surface area contributed by atoms with E-state index in [1.54, 1.807) is 0 Å². The van der Waals surface area contributed by atoms with Gasteiger partial charge in [0.1, 0.15) is 17.9 Å². The Morgan fingerprint density at radius 2 is 1.83 bits per heavy atom. The first-order valence-corrected chi connectivity index (χ1v) is 9.28. The Bertz CT molecular complexity index is 834. The molecule has 1 heterocycles. The molecule has 1 spiro atoms. The zero-order valence-corrected chi connectivity index (χ0v) is 15.8. The molecule has 158 valence electrons. The first-order chi connectivity index (χ1) is 13.6. The molecule has 0 unspecified atom stereocenters. The van der Waals surface area contributed by atoms with Gasteiger partial charge < -0.3 is 10.2 Å². The third kappa shape index (κ3) is 3.92. The van der Waals surface area contributed by atoms with Crippen LogP contribution in [0.5, 0.6) is 0 Å². The summed E-state index contributed by atoms with van der Waals surface area (Å²) in [4.78, 5) is 39.8. The van der Waals surface area contributed by atoms with Crippen LogP contribution in [0.2, 0.25) is 0 Å². The summed E-state index contributed by atoms with van der Waals surface area (Å²) in [5.74, 6) is -2.26. The summed E-state index contributed by atoms with van der Waals surface area (Å²) in [6.07, 6.45) is -1.16. The van der Waals surface area contributed by atoms with Crippen molar-refractivity contribution in [3.05, 3.63) is 35.1 Å². The molecule has 6 nitrogen and oxygen atoms in total. The number of imide groups is 1. The van der Waals surface area contributed by atoms with E-state index in [1.807, 2.05) is 0 Å². The Labute approximate surface area is 164 Å². The van der Waals surface area contributed by atoms with Gasteiger partial charge in [0.05, 0.1) is 5.56 Å². The summed E-state index contributed by atoms with van der Waals surface area (Å²) < 4.78 is 52.3. The fraction of sp³-hybridized carbons (Fsp3) is 0.526. The van der Waals surface area contributed by atoms with E-state index in [9.17, 15) is 31.9 Å². The zero-order valence-electron chi connectivity index (χ0n) is 15.8. The van der Waals surface area contributed by atoms with E-state index in [0.717, 1.165) is 36.3 Å². The zero-order chi connectivity index (χ0) is 21.4. The molecule has 1 aromatic carbocycles. The standard InChI is InChI=1S/C19H21F4N3O3/c1-25-17(29)26(16(28)18(25)7-3-2-4-8-18)11-15(27)24-10-12-5-6-13(20)9-14(12)19(21,22)23/h5-6,9H,2-4,7-8,10-11H2,1H3,(H,24,27). The second-order valence-electron chi connectivity index (χ2n) is 7.40. The van der Waals surface area contributed by atoms with E-state index in [0.29, 0.717) is 18.9 Å². The number of alkyl halides is 3. The van der Waals surface area contributed by atoms with Gasteiger partial charge in [0.25, 0.3) is 5.91 Å². The predicted octanol–water partition coefficient (Wildman–Crippen LogP) is 3.06. The molecular formula is C19H21F4N3O3. The number of benzene rings is 1. The number of hydrogen-bond donors (Lipinski definition) is 1. The lowest BCUT2D eigenvalue weighted by Crippen LogP contribution is -2.49. The molecular weight excluding hydrogens is 394 g/mol. The summed E-state index contributed by atoms with van der Waals surface area (Å²) >= 11 is 0. The average Bonchev–Trinajstić information content (AvgIpc) is 2.83. The van der Waals surface area contributed by atoms with Gasteiger partial charge >= 0.3 is 12.2 Å². The van der Waals surface area contributed by atoms with Gasteiger partial charge in [-0.05, 0) is 30.5 Å². The van der Waals surface area contributed by atoms with Crippen molar-refractivity contribution in [3.8, 4) is 0 Å². The number of carbonyl (C=O) groups excluding carboxylic acids is 3. The van der Waals surface area contributed by atoms with Crippen molar-refractivity contribution in [3.63, 3.8) is 0 Å². The number of amides is 4. The highest BCUT2D eigenvalue weighted by molar-refractivity contribution is 6.08. The minimum atomic E-state index is -4.78. The highest BCUT2D eigenvalue weighted by atomic mass is 19.4. The van der Waals surface area contributed by atoms with Crippen molar-refractivity contribution in [2.75, 3.05) is 13.6 Å². The summed E-state index contributed by atoms with van der Waals surface area (Å²) in [6, 6.07) is 1.57. The summed E-state index contributed by atoms with van der Waals surface area (Å²) in [6.45, 7) is -1.09. The molecule has 3 rings (SSSR count). The summed E-state index contributed by atoms with van der Waals surface area (Å²) in [5, 5.41) is 2.28. The SMILES string of the molecule is CN1C(=O)N(CC(=O)NCc2ccc(F)cc2C(F)(F)F)C(=O)C12CCCCC2. The number of halogens is 4. The molecule has 1 aliphatic heterocycles. The highest BCUT2D eigenvalue weighted by Crippen LogP contribution is 2.39. The van der Waals surface area contributed by atoms with E-state index >= 15 is 0 Å². The number of nitrogens with zero attached hydrogens (tertiary/aromatic N) is 2. The van der Waals surface area contributed by atoms with Crippen molar-refractivity contribution in [1.29, 1.82) is 0 Å². The highest BCUT2D eigenvalue weighted by Gasteiger charge is 2.55. The maximum Gasteiger partial charge on any atom is 0.416 e. The van der Waals surface area contributed by atoms with Crippen LogP contribution in [-0.2, 0) is 22.3 Å². The van der Waals surface area contributed by atoms with Gasteiger partial charge in [-0.1, -0.05) is 25.3 Å². The number of carbonyl (C=O) groups is 3. The molecule has 1 N–H and O–H groups in total. The van der Waals surface area contributed by atoms with Crippen LogP contribution in [-0.4, -0.2) is 46.8 Å². The number of hydrogen-bond acceptors (Lipinski definition) is 3. The Hall–Kier alpha value is -2.65. The lowest BCUT2D eigenvalue weighted by Gasteiger charge is -2.35. The van der Waals surface area contributed by atoms with Crippen LogP contribution in [0.15, 0.2) is 18.2 Å². The number of likely N-dealkylation sites (N-methyl/N-ethyl adjacent to an activating group) is 1. The normalized spacial score (nSPS) is 19.2. The van der Waals surface area contributed by atoms with Crippen molar-refractivity contribution < 1.29 is 31.9 Å². The van der Waals surface area contributed by atoms with Crippen LogP contribution in [0.1, 0.15) is 43.2 Å². The van der Waals surface area contributed by atoms with E-state index in [4.69, 9.17) is 0 Å². The van der Waals surface area contributed by atoms with Gasteiger partial charge in [-0.3, -0.25) is 14.5 Å². The minimum Gasteiger partial charge on any atom is -0.350 e. The monoisotopic (exact) mass is 415 g/mol. The van der Waals surface area contributed by atoms with Crippen LogP contribution in [0.3, 0.4) is 0 Å². The maximum atomic E-state index is 13.2. The van der Waals surface area contributed by atoms with Crippen LogP contribution >= 0.6 is 0 Å². The Balaban J connectivity index is 1.68. The minimum absolute atomic E-state index is 0.313. The largest absolute Gasteiger partial charge is 0.416 e. The van der Waals surface area contributed by atoms with E-state index < -0.39 is 54.0 Å². The van der Waals surface area contributed by atoms with E-state index in [2.05, 4.69) is 5.32 Å². The van der Waals surface area contributed by atoms with Gasteiger partial charge in [-0.2, -0.15) is 13.2 Å². The molecule has 0 bridgehead atoms. The third-order valence-electron chi connectivity index (χ3n) is 5.64. The Morgan fingerprint density at radius 1 is 1.17 bits per heavy atom. The smallest absolute Gasteiger partial charge is 0.350 e. The van der Waals surface area contributed by atoms with Crippen LogP contribution in [0.4, 0.5) is 22.4 Å². The fourth-order valence-corrected chi connectivity index (χ4v) is 4.03. The number of nitrogens with one attached hydrogen (secondary N) is 1. The second-order valence-corrected chi connectivity index (χ2v) is 7.40. The molecule has 2 aliphatic rings. The Morgan fingerprint density at radius 3 is 2.45 bits per heavy atom. The predicted molar refractivity (Wildman–Crippen MR) is 93.9 cm³/mol. The maximum absolute atomic E-state index is 13.2. The second kappa shape index (κ2) is 7.64. The fourth-order valence-electron chi connectivity index (χ4n) is 4.03. The molecule has 1 aliphatic carbocycles. The van der Waals surface area contributed by atoms with Crippen LogP contribution in [0.25, 0.3) is 0 Å². The topological polar surface area (TPSA) is 69.7 Å². The summed E-state index contributed by atoms with van der Waals surface area (Å²) in [5.41, 5.74) is -2.44. The van der Waals surface area contributed by atoms with Crippen molar-refractivity contribution in [2.45, 2.75) is 50.4 Å². The lowest BCUT2D eigenvalue weighted by molar-refractivity contribution is -0.138. The molecule has 2 fully saturated rings. The molecule has 0 atom stereocenters. The first-order valence-electron chi connectivity index (χ1n) is 9.28. The van der Waals surface area contributed by atoms with Gasteiger partial charge in [0.15, 0.2) is 0 Å². The van der Waals surface area contributed by atoms with Crippen molar-refractivity contribution in [2.24, 2.45) is 0 Å².